The molecule has 106 valence electrons. The van der Waals surface area contributed by atoms with Crippen molar-refractivity contribution < 1.29 is 9.13 Å². The Kier molecular flexibility index (Phi) is 5.15. The van der Waals surface area contributed by atoms with Crippen LogP contribution in [-0.4, -0.2) is 7.11 Å². The van der Waals surface area contributed by atoms with E-state index in [4.69, 9.17) is 4.74 Å². The molecule has 0 saturated carbocycles. The van der Waals surface area contributed by atoms with Gasteiger partial charge in [0.05, 0.1) is 7.11 Å². The minimum absolute atomic E-state index is 0.143. The summed E-state index contributed by atoms with van der Waals surface area (Å²) in [5, 5.41) is 3.32. The van der Waals surface area contributed by atoms with Crippen molar-refractivity contribution in [2.75, 3.05) is 7.11 Å². The Labute approximate surface area is 127 Å². The quantitative estimate of drug-likeness (QED) is 0.870. The predicted octanol–water partition coefficient (Wildman–Crippen LogP) is 4.45. The van der Waals surface area contributed by atoms with Crippen LogP contribution in [0.3, 0.4) is 0 Å². The molecule has 0 bridgehead atoms. The molecule has 0 aliphatic heterocycles. The highest BCUT2D eigenvalue weighted by Gasteiger charge is 2.07. The molecular weight excluding hydrogens is 321 g/mol. The Morgan fingerprint density at radius 2 is 1.90 bits per heavy atom. The second kappa shape index (κ2) is 6.86. The van der Waals surface area contributed by atoms with Crippen molar-refractivity contribution in [2.45, 2.75) is 19.5 Å². The second-order valence-electron chi connectivity index (χ2n) is 4.61. The van der Waals surface area contributed by atoms with Gasteiger partial charge in [-0.05, 0) is 36.8 Å². The fourth-order valence-electron chi connectivity index (χ4n) is 1.94. The fraction of sp³-hybridized carbons (Fsp3) is 0.250. The standard InChI is InChI=1S/C16H17BrFNO/c1-11(12-4-7-15(20-2)8-5-12)19-10-13-3-6-14(17)9-16(13)18/h3-9,11,19H,10H2,1-2H3. The molecule has 0 heterocycles. The van der Waals surface area contributed by atoms with Gasteiger partial charge >= 0.3 is 0 Å². The zero-order valence-corrected chi connectivity index (χ0v) is 13.1. The molecule has 0 amide bonds. The Morgan fingerprint density at radius 1 is 1.20 bits per heavy atom. The summed E-state index contributed by atoms with van der Waals surface area (Å²) in [6.07, 6.45) is 0. The van der Waals surface area contributed by atoms with Crippen LogP contribution in [0.25, 0.3) is 0 Å². The maximum absolute atomic E-state index is 13.7. The van der Waals surface area contributed by atoms with E-state index in [1.54, 1.807) is 13.2 Å². The molecule has 1 atom stereocenters. The molecule has 0 saturated heterocycles. The Hall–Kier alpha value is -1.39. The summed E-state index contributed by atoms with van der Waals surface area (Å²) in [5.74, 6) is 0.633. The van der Waals surface area contributed by atoms with Crippen LogP contribution in [0, 0.1) is 5.82 Å². The van der Waals surface area contributed by atoms with Crippen LogP contribution >= 0.6 is 15.9 Å². The molecule has 0 spiro atoms. The third-order valence-electron chi connectivity index (χ3n) is 3.23. The fourth-order valence-corrected chi connectivity index (χ4v) is 2.27. The van der Waals surface area contributed by atoms with Gasteiger partial charge in [0.2, 0.25) is 0 Å². The van der Waals surface area contributed by atoms with Crippen molar-refractivity contribution in [3.8, 4) is 5.75 Å². The highest BCUT2D eigenvalue weighted by Crippen LogP contribution is 2.19. The van der Waals surface area contributed by atoms with E-state index < -0.39 is 0 Å². The highest BCUT2D eigenvalue weighted by atomic mass is 79.9. The minimum Gasteiger partial charge on any atom is -0.497 e. The normalized spacial score (nSPS) is 12.2. The number of halogens is 2. The van der Waals surface area contributed by atoms with Crippen LogP contribution < -0.4 is 10.1 Å². The van der Waals surface area contributed by atoms with E-state index in [1.807, 2.05) is 30.3 Å². The molecule has 4 heteroatoms. The van der Waals surface area contributed by atoms with Crippen LogP contribution in [0.4, 0.5) is 4.39 Å². The van der Waals surface area contributed by atoms with Gasteiger partial charge in [-0.25, -0.2) is 4.39 Å². The lowest BCUT2D eigenvalue weighted by Gasteiger charge is -2.15. The summed E-state index contributed by atoms with van der Waals surface area (Å²) in [5.41, 5.74) is 1.80. The molecule has 20 heavy (non-hydrogen) atoms. The monoisotopic (exact) mass is 337 g/mol. The lowest BCUT2D eigenvalue weighted by atomic mass is 10.1. The first kappa shape index (κ1) is 15.0. The van der Waals surface area contributed by atoms with Gasteiger partial charge in [0, 0.05) is 22.6 Å². The van der Waals surface area contributed by atoms with E-state index in [0.717, 1.165) is 15.8 Å². The Bertz CT molecular complexity index is 571. The van der Waals surface area contributed by atoms with Crippen LogP contribution in [-0.2, 0) is 6.54 Å². The van der Waals surface area contributed by atoms with Gasteiger partial charge in [-0.15, -0.1) is 0 Å². The summed E-state index contributed by atoms with van der Waals surface area (Å²) >= 11 is 3.25. The topological polar surface area (TPSA) is 21.3 Å². The van der Waals surface area contributed by atoms with Gasteiger partial charge in [0.1, 0.15) is 11.6 Å². The van der Waals surface area contributed by atoms with E-state index in [-0.39, 0.29) is 11.9 Å². The molecule has 1 unspecified atom stereocenters. The average Bonchev–Trinajstić information content (AvgIpc) is 2.46. The highest BCUT2D eigenvalue weighted by molar-refractivity contribution is 9.10. The molecule has 2 aromatic carbocycles. The van der Waals surface area contributed by atoms with Crippen LogP contribution in [0.1, 0.15) is 24.1 Å². The number of hydrogen-bond donors (Lipinski definition) is 1. The summed E-state index contributed by atoms with van der Waals surface area (Å²) in [4.78, 5) is 0. The molecule has 1 N–H and O–H groups in total. The molecule has 2 nitrogen and oxygen atoms in total. The summed E-state index contributed by atoms with van der Waals surface area (Å²) in [6, 6.07) is 13.1. The van der Waals surface area contributed by atoms with E-state index in [9.17, 15) is 4.39 Å². The van der Waals surface area contributed by atoms with E-state index in [2.05, 4.69) is 28.2 Å². The third kappa shape index (κ3) is 3.81. The van der Waals surface area contributed by atoms with Crippen molar-refractivity contribution in [1.29, 1.82) is 0 Å². The summed E-state index contributed by atoms with van der Waals surface area (Å²) < 4.78 is 19.6. The van der Waals surface area contributed by atoms with Gasteiger partial charge < -0.3 is 10.1 Å². The van der Waals surface area contributed by atoms with Crippen molar-refractivity contribution in [1.82, 2.24) is 5.32 Å². The summed E-state index contributed by atoms with van der Waals surface area (Å²) in [7, 11) is 1.65. The first-order chi connectivity index (χ1) is 9.60. The zero-order chi connectivity index (χ0) is 14.5. The zero-order valence-electron chi connectivity index (χ0n) is 11.5. The maximum atomic E-state index is 13.7. The van der Waals surface area contributed by atoms with Crippen molar-refractivity contribution >= 4 is 15.9 Å². The number of benzene rings is 2. The lowest BCUT2D eigenvalue weighted by molar-refractivity contribution is 0.414. The largest absolute Gasteiger partial charge is 0.497 e. The summed E-state index contributed by atoms with van der Waals surface area (Å²) in [6.45, 7) is 2.55. The minimum atomic E-state index is -0.200. The van der Waals surface area contributed by atoms with Crippen LogP contribution in [0.2, 0.25) is 0 Å². The van der Waals surface area contributed by atoms with E-state index in [0.29, 0.717) is 12.1 Å². The number of methoxy groups -OCH3 is 1. The van der Waals surface area contributed by atoms with Crippen molar-refractivity contribution in [3.05, 3.63) is 63.9 Å². The van der Waals surface area contributed by atoms with Crippen LogP contribution in [0.15, 0.2) is 46.9 Å². The van der Waals surface area contributed by atoms with Crippen LogP contribution in [0.5, 0.6) is 5.75 Å². The van der Waals surface area contributed by atoms with Gasteiger partial charge in [0.15, 0.2) is 0 Å². The third-order valence-corrected chi connectivity index (χ3v) is 3.72. The molecule has 0 aliphatic rings. The molecule has 2 rings (SSSR count). The average molecular weight is 338 g/mol. The molecule has 0 aliphatic carbocycles. The van der Waals surface area contributed by atoms with Gasteiger partial charge in [-0.1, -0.05) is 34.1 Å². The number of ether oxygens (including phenoxy) is 1. The second-order valence-corrected chi connectivity index (χ2v) is 5.53. The predicted molar refractivity (Wildman–Crippen MR) is 82.3 cm³/mol. The molecular formula is C16H17BrFNO. The van der Waals surface area contributed by atoms with E-state index in [1.165, 1.54) is 6.07 Å². The van der Waals surface area contributed by atoms with Crippen molar-refractivity contribution in [3.63, 3.8) is 0 Å². The maximum Gasteiger partial charge on any atom is 0.128 e. The number of hydrogen-bond acceptors (Lipinski definition) is 2. The van der Waals surface area contributed by atoms with Gasteiger partial charge in [-0.2, -0.15) is 0 Å². The molecule has 0 aromatic heterocycles. The smallest absolute Gasteiger partial charge is 0.128 e. The number of nitrogens with one attached hydrogen (secondary N) is 1. The SMILES string of the molecule is COc1ccc(C(C)NCc2ccc(Br)cc2F)cc1. The lowest BCUT2D eigenvalue weighted by Crippen LogP contribution is -2.18. The molecule has 2 aromatic rings. The van der Waals surface area contributed by atoms with Gasteiger partial charge in [0.25, 0.3) is 0 Å². The van der Waals surface area contributed by atoms with Gasteiger partial charge in [-0.3, -0.25) is 0 Å². The van der Waals surface area contributed by atoms with E-state index >= 15 is 0 Å². The Morgan fingerprint density at radius 3 is 2.50 bits per heavy atom. The Balaban J connectivity index is 1.98. The first-order valence-electron chi connectivity index (χ1n) is 6.41. The number of rotatable bonds is 5. The molecule has 0 fully saturated rings. The van der Waals surface area contributed by atoms with Crippen molar-refractivity contribution in [2.24, 2.45) is 0 Å². The molecule has 0 radical (unpaired) electrons. The first-order valence-corrected chi connectivity index (χ1v) is 7.20.